The number of esters is 1. The molecule has 0 saturated carbocycles. The van der Waals surface area contributed by atoms with Gasteiger partial charge in [0.05, 0.1) is 0 Å². The van der Waals surface area contributed by atoms with Crippen molar-refractivity contribution in [3.05, 3.63) is 60.8 Å². The van der Waals surface area contributed by atoms with Crippen LogP contribution in [0.25, 0.3) is 0 Å². The molecule has 0 heterocycles. The molecule has 0 radical (unpaired) electrons. The number of carboxylic acid groups (broad SMARTS) is 1. The third kappa shape index (κ3) is 31.9. The SMILES string of the molecule is CC/C=C\C/C=C\C(/C=C\CCCCCC(=O)NCC(=O)O)OC(=O)CCCCCCC/C=C\C/C=C\CCCCCC. The molecule has 0 bridgehead atoms. The van der Waals surface area contributed by atoms with E-state index in [9.17, 15) is 14.4 Å². The van der Waals surface area contributed by atoms with Crippen molar-refractivity contribution < 1.29 is 24.2 Å². The standard InChI is InChI=1S/C37H61NO5/c1-3-5-7-9-10-11-12-13-14-15-16-17-18-19-24-28-32-37(42)43-34(29-25-21-8-6-4-2)30-26-22-20-23-27-31-35(39)38-33-36(40)41/h6,8,11-12,14-15,25-26,29-30,34H,3-5,7,9-10,13,16-24,27-28,31-33H2,1-2H3,(H,38,39)(H,40,41)/b8-6-,12-11-,15-14-,29-25-,30-26-. The van der Waals surface area contributed by atoms with Crippen molar-refractivity contribution in [1.82, 2.24) is 5.32 Å². The predicted molar refractivity (Wildman–Crippen MR) is 180 cm³/mol. The molecule has 244 valence electrons. The van der Waals surface area contributed by atoms with Crippen LogP contribution in [0.4, 0.5) is 0 Å². The molecule has 6 heteroatoms. The number of carbonyl (C=O) groups excluding carboxylic acids is 2. The van der Waals surface area contributed by atoms with E-state index in [2.05, 4.69) is 55.6 Å². The summed E-state index contributed by atoms with van der Waals surface area (Å²) in [4.78, 5) is 34.5. The largest absolute Gasteiger partial charge is 0.480 e. The highest BCUT2D eigenvalue weighted by Gasteiger charge is 2.08. The first-order valence-corrected chi connectivity index (χ1v) is 17.0. The lowest BCUT2D eigenvalue weighted by Gasteiger charge is -2.11. The molecule has 0 aromatic heterocycles. The number of rotatable bonds is 29. The fraction of sp³-hybridized carbons (Fsp3) is 0.649. The van der Waals surface area contributed by atoms with E-state index in [1.165, 1.54) is 44.9 Å². The zero-order valence-electron chi connectivity index (χ0n) is 27.3. The zero-order valence-corrected chi connectivity index (χ0v) is 27.3. The molecule has 2 N–H and O–H groups in total. The summed E-state index contributed by atoms with van der Waals surface area (Å²) in [6.45, 7) is 4.01. The maximum Gasteiger partial charge on any atom is 0.322 e. The fourth-order valence-electron chi connectivity index (χ4n) is 4.38. The molecular formula is C37H61NO5. The average Bonchev–Trinajstić information content (AvgIpc) is 2.99. The fourth-order valence-corrected chi connectivity index (χ4v) is 4.38. The summed E-state index contributed by atoms with van der Waals surface area (Å²) in [5.41, 5.74) is 0. The highest BCUT2D eigenvalue weighted by Crippen LogP contribution is 2.11. The quantitative estimate of drug-likeness (QED) is 0.0507. The van der Waals surface area contributed by atoms with Crippen LogP contribution in [0.3, 0.4) is 0 Å². The summed E-state index contributed by atoms with van der Waals surface area (Å²) < 4.78 is 5.73. The van der Waals surface area contributed by atoms with Gasteiger partial charge in [0, 0.05) is 12.8 Å². The monoisotopic (exact) mass is 599 g/mol. The Balaban J connectivity index is 4.14. The maximum absolute atomic E-state index is 12.5. The normalized spacial score (nSPS) is 12.8. The van der Waals surface area contributed by atoms with E-state index < -0.39 is 5.97 Å². The molecule has 1 unspecified atom stereocenters. The van der Waals surface area contributed by atoms with Gasteiger partial charge in [-0.2, -0.15) is 0 Å². The van der Waals surface area contributed by atoms with Crippen LogP contribution in [0.2, 0.25) is 0 Å². The van der Waals surface area contributed by atoms with Crippen molar-refractivity contribution in [3.8, 4) is 0 Å². The molecule has 0 spiro atoms. The summed E-state index contributed by atoms with van der Waals surface area (Å²) in [7, 11) is 0. The molecule has 0 aliphatic heterocycles. The third-order valence-corrected chi connectivity index (χ3v) is 6.89. The smallest absolute Gasteiger partial charge is 0.322 e. The highest BCUT2D eigenvalue weighted by molar-refractivity contribution is 5.80. The lowest BCUT2D eigenvalue weighted by Crippen LogP contribution is -2.28. The predicted octanol–water partition coefficient (Wildman–Crippen LogP) is 9.72. The second-order valence-corrected chi connectivity index (χ2v) is 11.0. The van der Waals surface area contributed by atoms with Crippen molar-refractivity contribution in [2.24, 2.45) is 0 Å². The van der Waals surface area contributed by atoms with Crippen molar-refractivity contribution in [1.29, 1.82) is 0 Å². The number of nitrogens with one attached hydrogen (secondary N) is 1. The van der Waals surface area contributed by atoms with Gasteiger partial charge < -0.3 is 15.2 Å². The summed E-state index contributed by atoms with van der Waals surface area (Å²) in [6.07, 6.45) is 41.0. The number of hydrogen-bond acceptors (Lipinski definition) is 4. The molecule has 0 rings (SSSR count). The third-order valence-electron chi connectivity index (χ3n) is 6.89. The molecule has 0 aliphatic rings. The number of unbranched alkanes of at least 4 members (excludes halogenated alkanes) is 12. The topological polar surface area (TPSA) is 92.7 Å². The lowest BCUT2D eigenvalue weighted by molar-refractivity contribution is -0.145. The Morgan fingerprint density at radius 3 is 1.84 bits per heavy atom. The van der Waals surface area contributed by atoms with Crippen LogP contribution < -0.4 is 5.32 Å². The van der Waals surface area contributed by atoms with E-state index in [0.717, 1.165) is 70.6 Å². The number of aliphatic carboxylic acids is 1. The van der Waals surface area contributed by atoms with Gasteiger partial charge in [-0.25, -0.2) is 0 Å². The Morgan fingerprint density at radius 2 is 1.16 bits per heavy atom. The second-order valence-electron chi connectivity index (χ2n) is 11.0. The Bertz CT molecular complexity index is 840. The first kappa shape index (κ1) is 40.1. The number of carbonyl (C=O) groups is 3. The number of ether oxygens (including phenoxy) is 1. The molecule has 0 fully saturated rings. The van der Waals surface area contributed by atoms with Gasteiger partial charge in [0.15, 0.2) is 0 Å². The van der Waals surface area contributed by atoms with Gasteiger partial charge in [-0.1, -0.05) is 107 Å². The minimum Gasteiger partial charge on any atom is -0.480 e. The Kier molecular flexibility index (Phi) is 29.9. The molecular weight excluding hydrogens is 538 g/mol. The van der Waals surface area contributed by atoms with E-state index >= 15 is 0 Å². The van der Waals surface area contributed by atoms with Crippen LogP contribution in [0.15, 0.2) is 60.8 Å². The minimum absolute atomic E-state index is 0.155. The summed E-state index contributed by atoms with van der Waals surface area (Å²) in [6, 6.07) is 0. The molecule has 1 amide bonds. The molecule has 1 atom stereocenters. The van der Waals surface area contributed by atoms with Gasteiger partial charge in [0.1, 0.15) is 12.6 Å². The zero-order chi connectivity index (χ0) is 31.6. The van der Waals surface area contributed by atoms with Crippen LogP contribution >= 0.6 is 0 Å². The lowest BCUT2D eigenvalue weighted by atomic mass is 10.1. The first-order valence-electron chi connectivity index (χ1n) is 17.0. The average molecular weight is 600 g/mol. The van der Waals surface area contributed by atoms with Crippen molar-refractivity contribution in [2.45, 2.75) is 148 Å². The van der Waals surface area contributed by atoms with Crippen LogP contribution in [0.5, 0.6) is 0 Å². The van der Waals surface area contributed by atoms with E-state index in [1.54, 1.807) is 0 Å². The van der Waals surface area contributed by atoms with Crippen LogP contribution in [-0.4, -0.2) is 35.6 Å². The Morgan fingerprint density at radius 1 is 0.628 bits per heavy atom. The highest BCUT2D eigenvalue weighted by atomic mass is 16.5. The van der Waals surface area contributed by atoms with E-state index in [4.69, 9.17) is 9.84 Å². The van der Waals surface area contributed by atoms with Crippen LogP contribution in [-0.2, 0) is 19.1 Å². The molecule has 0 aromatic rings. The number of hydrogen-bond donors (Lipinski definition) is 2. The van der Waals surface area contributed by atoms with Crippen LogP contribution in [0.1, 0.15) is 142 Å². The summed E-state index contributed by atoms with van der Waals surface area (Å²) >= 11 is 0. The van der Waals surface area contributed by atoms with Gasteiger partial charge >= 0.3 is 11.9 Å². The van der Waals surface area contributed by atoms with Gasteiger partial charge in [-0.15, -0.1) is 0 Å². The second kappa shape index (κ2) is 32.0. The van der Waals surface area contributed by atoms with E-state index in [-0.39, 0.29) is 24.5 Å². The summed E-state index contributed by atoms with van der Waals surface area (Å²) in [5.74, 6) is -1.42. The van der Waals surface area contributed by atoms with Crippen LogP contribution in [0, 0.1) is 0 Å². The van der Waals surface area contributed by atoms with Crippen molar-refractivity contribution >= 4 is 17.8 Å². The van der Waals surface area contributed by atoms with Gasteiger partial charge in [-0.05, 0) is 82.8 Å². The molecule has 0 aliphatic carbocycles. The summed E-state index contributed by atoms with van der Waals surface area (Å²) in [5, 5.41) is 11.0. The minimum atomic E-state index is -1.04. The Hall–Kier alpha value is -2.89. The maximum atomic E-state index is 12.5. The van der Waals surface area contributed by atoms with Gasteiger partial charge in [0.2, 0.25) is 5.91 Å². The molecule has 6 nitrogen and oxygen atoms in total. The van der Waals surface area contributed by atoms with Crippen molar-refractivity contribution in [2.75, 3.05) is 6.54 Å². The number of amides is 1. The van der Waals surface area contributed by atoms with Crippen molar-refractivity contribution in [3.63, 3.8) is 0 Å². The Labute approximate surface area is 262 Å². The van der Waals surface area contributed by atoms with Gasteiger partial charge in [-0.3, -0.25) is 14.4 Å². The first-order chi connectivity index (χ1) is 21.0. The van der Waals surface area contributed by atoms with E-state index in [1.807, 2.05) is 24.3 Å². The molecule has 0 aromatic carbocycles. The van der Waals surface area contributed by atoms with E-state index in [0.29, 0.717) is 12.8 Å². The molecule has 43 heavy (non-hydrogen) atoms. The van der Waals surface area contributed by atoms with Gasteiger partial charge in [0.25, 0.3) is 0 Å². The molecule has 0 saturated heterocycles. The number of carboxylic acids is 1. The number of allylic oxidation sites excluding steroid dienone is 8.